The van der Waals surface area contributed by atoms with Crippen molar-refractivity contribution in [2.24, 2.45) is 17.6 Å². The van der Waals surface area contributed by atoms with Crippen molar-refractivity contribution < 1.29 is 17.7 Å². The highest BCUT2D eigenvalue weighted by Crippen LogP contribution is 2.30. The summed E-state index contributed by atoms with van der Waals surface area (Å²) in [5, 5.41) is 3.75. The van der Waals surface area contributed by atoms with Crippen molar-refractivity contribution in [3.8, 4) is 0 Å². The van der Waals surface area contributed by atoms with Gasteiger partial charge in [-0.3, -0.25) is 4.79 Å². The molecule has 2 fully saturated rings. The zero-order chi connectivity index (χ0) is 19.1. The standard InChI is InChI=1S/C17H28N4O4S.ClH/c1-11-7-14(8-18)9-21(11)17(22)15-5-4-6-20(10-15)26(23,24)16-12(2)19-25-13(16)3;/h11,14-15H,4-10,18H2,1-3H3;1H. The van der Waals surface area contributed by atoms with Crippen LogP contribution in [-0.2, 0) is 14.8 Å². The van der Waals surface area contributed by atoms with Gasteiger partial charge in [0.05, 0.1) is 5.92 Å². The molecule has 3 unspecified atom stereocenters. The molecule has 2 N–H and O–H groups in total. The zero-order valence-corrected chi connectivity index (χ0v) is 17.7. The number of hydrogen-bond donors (Lipinski definition) is 1. The maximum absolute atomic E-state index is 13.0. The molecule has 0 aliphatic carbocycles. The van der Waals surface area contributed by atoms with Crippen molar-refractivity contribution in [2.45, 2.75) is 51.0 Å². The Balaban J connectivity index is 0.00000261. The molecule has 1 aromatic heterocycles. The lowest BCUT2D eigenvalue weighted by molar-refractivity contribution is -0.137. The van der Waals surface area contributed by atoms with Crippen LogP contribution >= 0.6 is 12.4 Å². The Labute approximate surface area is 166 Å². The number of likely N-dealkylation sites (tertiary alicyclic amines) is 1. The molecule has 0 bridgehead atoms. The van der Waals surface area contributed by atoms with Crippen molar-refractivity contribution >= 4 is 28.3 Å². The molecule has 0 radical (unpaired) electrons. The smallest absolute Gasteiger partial charge is 0.248 e. The molecule has 3 atom stereocenters. The monoisotopic (exact) mass is 420 g/mol. The Hall–Kier alpha value is -1.16. The highest BCUT2D eigenvalue weighted by molar-refractivity contribution is 7.89. The van der Waals surface area contributed by atoms with E-state index < -0.39 is 10.0 Å². The van der Waals surface area contributed by atoms with E-state index in [1.807, 2.05) is 11.8 Å². The maximum Gasteiger partial charge on any atom is 0.248 e. The average molecular weight is 421 g/mol. The first-order valence-corrected chi connectivity index (χ1v) is 10.6. The van der Waals surface area contributed by atoms with Gasteiger partial charge in [-0.15, -0.1) is 12.4 Å². The molecule has 3 rings (SSSR count). The first-order chi connectivity index (χ1) is 12.3. The minimum atomic E-state index is -3.71. The molecule has 2 aliphatic heterocycles. The van der Waals surface area contributed by atoms with E-state index in [1.54, 1.807) is 13.8 Å². The molecule has 2 saturated heterocycles. The van der Waals surface area contributed by atoms with Crippen molar-refractivity contribution in [3.63, 3.8) is 0 Å². The summed E-state index contributed by atoms with van der Waals surface area (Å²) in [6, 6.07) is 0.158. The fourth-order valence-corrected chi connectivity index (χ4v) is 6.00. The van der Waals surface area contributed by atoms with Gasteiger partial charge in [0.15, 0.2) is 5.76 Å². The number of rotatable bonds is 4. The molecule has 0 aromatic carbocycles. The number of sulfonamides is 1. The summed E-state index contributed by atoms with van der Waals surface area (Å²) >= 11 is 0. The number of carbonyl (C=O) groups excluding carboxylic acids is 1. The number of halogens is 1. The summed E-state index contributed by atoms with van der Waals surface area (Å²) in [7, 11) is -3.71. The highest BCUT2D eigenvalue weighted by Gasteiger charge is 2.40. The second kappa shape index (κ2) is 8.46. The summed E-state index contributed by atoms with van der Waals surface area (Å²) in [4.78, 5) is 15.0. The lowest BCUT2D eigenvalue weighted by atomic mass is 9.98. The lowest BCUT2D eigenvalue weighted by Crippen LogP contribution is -2.47. The number of nitrogens with zero attached hydrogens (tertiary/aromatic N) is 3. The Morgan fingerprint density at radius 3 is 2.59 bits per heavy atom. The van der Waals surface area contributed by atoms with Crippen LogP contribution in [0.2, 0.25) is 0 Å². The predicted molar refractivity (Wildman–Crippen MR) is 103 cm³/mol. The van der Waals surface area contributed by atoms with Crippen LogP contribution in [0.4, 0.5) is 0 Å². The molecule has 2 aliphatic rings. The van der Waals surface area contributed by atoms with Gasteiger partial charge in [-0.05, 0) is 52.5 Å². The minimum absolute atomic E-state index is 0. The number of hydrogen-bond acceptors (Lipinski definition) is 6. The predicted octanol–water partition coefficient (Wildman–Crippen LogP) is 1.31. The zero-order valence-electron chi connectivity index (χ0n) is 16.1. The van der Waals surface area contributed by atoms with E-state index in [9.17, 15) is 13.2 Å². The largest absolute Gasteiger partial charge is 0.360 e. The average Bonchev–Trinajstić information content (AvgIpc) is 3.16. The lowest BCUT2D eigenvalue weighted by Gasteiger charge is -2.34. The van der Waals surface area contributed by atoms with E-state index >= 15 is 0 Å². The first kappa shape index (κ1) is 22.1. The minimum Gasteiger partial charge on any atom is -0.360 e. The van der Waals surface area contributed by atoms with E-state index in [4.69, 9.17) is 10.3 Å². The van der Waals surface area contributed by atoms with E-state index in [-0.39, 0.29) is 47.5 Å². The fourth-order valence-electron chi connectivity index (χ4n) is 4.19. The SMILES string of the molecule is Cc1noc(C)c1S(=O)(=O)N1CCCC(C(=O)N2CC(CN)CC2C)C1.Cl. The third kappa shape index (κ3) is 4.16. The first-order valence-electron chi connectivity index (χ1n) is 9.19. The third-order valence-corrected chi connectivity index (χ3v) is 7.69. The van der Waals surface area contributed by atoms with Crippen LogP contribution in [0.1, 0.15) is 37.6 Å². The van der Waals surface area contributed by atoms with E-state index in [0.29, 0.717) is 44.1 Å². The number of nitrogens with two attached hydrogens (primary N) is 1. The second-order valence-electron chi connectivity index (χ2n) is 7.53. The van der Waals surface area contributed by atoms with Crippen molar-refractivity contribution in [2.75, 3.05) is 26.2 Å². The van der Waals surface area contributed by atoms with E-state index in [1.165, 1.54) is 4.31 Å². The number of piperidine rings is 1. The van der Waals surface area contributed by atoms with Crippen molar-refractivity contribution in [1.82, 2.24) is 14.4 Å². The summed E-state index contributed by atoms with van der Waals surface area (Å²) in [6.07, 6.45) is 2.29. The van der Waals surface area contributed by atoms with Crippen molar-refractivity contribution in [1.29, 1.82) is 0 Å². The van der Waals surface area contributed by atoms with E-state index in [2.05, 4.69) is 5.16 Å². The van der Waals surface area contributed by atoms with Crippen LogP contribution in [0.25, 0.3) is 0 Å². The highest BCUT2D eigenvalue weighted by atomic mass is 35.5. The Bertz CT molecular complexity index is 762. The van der Waals surface area contributed by atoms with Gasteiger partial charge in [0.2, 0.25) is 15.9 Å². The fraction of sp³-hybridized carbons (Fsp3) is 0.765. The van der Waals surface area contributed by atoms with Crippen LogP contribution < -0.4 is 5.73 Å². The Morgan fingerprint density at radius 1 is 1.33 bits per heavy atom. The molecular weight excluding hydrogens is 392 g/mol. The van der Waals surface area contributed by atoms with Crippen molar-refractivity contribution in [3.05, 3.63) is 11.5 Å². The normalized spacial score (nSPS) is 26.8. The Kier molecular flexibility index (Phi) is 6.94. The molecule has 1 aromatic rings. The second-order valence-corrected chi connectivity index (χ2v) is 9.41. The van der Waals surface area contributed by atoms with Gasteiger partial charge in [-0.1, -0.05) is 5.16 Å². The van der Waals surface area contributed by atoms with Crippen LogP contribution in [0.3, 0.4) is 0 Å². The molecule has 154 valence electrons. The topological polar surface area (TPSA) is 110 Å². The van der Waals surface area contributed by atoms with Gasteiger partial charge in [0.1, 0.15) is 10.6 Å². The van der Waals surface area contributed by atoms with Crippen LogP contribution in [0.5, 0.6) is 0 Å². The summed E-state index contributed by atoms with van der Waals surface area (Å²) < 4.78 is 32.5. The number of aryl methyl sites for hydroxylation is 2. The Morgan fingerprint density at radius 2 is 2.04 bits per heavy atom. The molecule has 0 spiro atoms. The molecule has 8 nitrogen and oxygen atoms in total. The van der Waals surface area contributed by atoms with Gasteiger partial charge in [0.25, 0.3) is 0 Å². The summed E-state index contributed by atoms with van der Waals surface area (Å²) in [5.41, 5.74) is 6.11. The van der Waals surface area contributed by atoms with Crippen LogP contribution in [-0.4, -0.2) is 60.9 Å². The number of amides is 1. The number of aromatic nitrogens is 1. The summed E-state index contributed by atoms with van der Waals surface area (Å²) in [6.45, 7) is 7.12. The molecule has 0 saturated carbocycles. The third-order valence-electron chi connectivity index (χ3n) is 5.58. The maximum atomic E-state index is 13.0. The van der Waals surface area contributed by atoms with Gasteiger partial charge >= 0.3 is 0 Å². The van der Waals surface area contributed by atoms with Gasteiger partial charge < -0.3 is 15.2 Å². The molecule has 1 amide bonds. The van der Waals surface area contributed by atoms with Gasteiger partial charge in [0, 0.05) is 25.7 Å². The molecule has 10 heteroatoms. The van der Waals surface area contributed by atoms with Gasteiger partial charge in [-0.25, -0.2) is 8.42 Å². The molecular formula is C17H29ClN4O4S. The summed E-state index contributed by atoms with van der Waals surface area (Å²) in [5.74, 6) is 0.361. The van der Waals surface area contributed by atoms with Crippen LogP contribution in [0.15, 0.2) is 9.42 Å². The van der Waals surface area contributed by atoms with E-state index in [0.717, 1.165) is 6.42 Å². The molecule has 27 heavy (non-hydrogen) atoms. The molecule has 3 heterocycles. The van der Waals surface area contributed by atoms with Crippen LogP contribution in [0, 0.1) is 25.7 Å². The quantitative estimate of drug-likeness (QED) is 0.786. The van der Waals surface area contributed by atoms with Gasteiger partial charge in [-0.2, -0.15) is 4.31 Å². The number of carbonyl (C=O) groups is 1.